The third-order valence-electron chi connectivity index (χ3n) is 8.66. The number of carbonyl (C=O) groups excluding carboxylic acids is 5. The number of primary amides is 2. The first-order chi connectivity index (χ1) is 16.8. The van der Waals surface area contributed by atoms with Crippen molar-refractivity contribution in [3.05, 3.63) is 0 Å². The van der Waals surface area contributed by atoms with Crippen LogP contribution in [0, 0.1) is 34.0 Å². The normalized spacial score (nSPS) is 30.5. The van der Waals surface area contributed by atoms with Gasteiger partial charge in [-0.3, -0.25) is 24.0 Å². The summed E-state index contributed by atoms with van der Waals surface area (Å²) in [6.07, 6.45) is -3.94. The number of nitrogens with one attached hydrogen (secondary N) is 2. The van der Waals surface area contributed by atoms with Crippen LogP contribution in [0.2, 0.25) is 0 Å². The third-order valence-corrected chi connectivity index (χ3v) is 8.66. The molecule has 37 heavy (non-hydrogen) atoms. The molecule has 0 aromatic heterocycles. The van der Waals surface area contributed by atoms with E-state index in [1.807, 2.05) is 13.8 Å². The van der Waals surface area contributed by atoms with Crippen LogP contribution in [0.3, 0.4) is 0 Å². The number of halogens is 3. The van der Waals surface area contributed by atoms with Gasteiger partial charge in [0.15, 0.2) is 0 Å². The topological polar surface area (TPSA) is 165 Å². The lowest BCUT2D eigenvalue weighted by Gasteiger charge is -2.41. The van der Waals surface area contributed by atoms with Crippen LogP contribution in [0.1, 0.15) is 53.9 Å². The fraction of sp³-hybridized carbons (Fsp3) is 0.792. The van der Waals surface area contributed by atoms with E-state index in [0.29, 0.717) is 19.4 Å². The van der Waals surface area contributed by atoms with Gasteiger partial charge in [-0.25, -0.2) is 0 Å². The van der Waals surface area contributed by atoms with E-state index in [-0.39, 0.29) is 18.9 Å². The summed E-state index contributed by atoms with van der Waals surface area (Å²) in [6.45, 7) is 8.54. The van der Waals surface area contributed by atoms with Crippen LogP contribution in [0.15, 0.2) is 0 Å². The molecule has 2 saturated heterocycles. The summed E-state index contributed by atoms with van der Waals surface area (Å²) >= 11 is 0. The van der Waals surface area contributed by atoms with Gasteiger partial charge in [0, 0.05) is 30.3 Å². The van der Waals surface area contributed by atoms with Gasteiger partial charge in [0.25, 0.3) is 0 Å². The second-order valence-electron chi connectivity index (χ2n) is 12.1. The zero-order valence-electron chi connectivity index (χ0n) is 21.7. The molecule has 3 unspecified atom stereocenters. The minimum Gasteiger partial charge on any atom is -0.369 e. The first-order valence-corrected chi connectivity index (χ1v) is 12.3. The molecule has 1 aliphatic carbocycles. The van der Waals surface area contributed by atoms with Crippen molar-refractivity contribution in [1.82, 2.24) is 15.5 Å². The number of piperidine rings is 2. The molecule has 208 valence electrons. The summed E-state index contributed by atoms with van der Waals surface area (Å²) in [4.78, 5) is 64.7. The molecule has 0 spiro atoms. The van der Waals surface area contributed by atoms with Gasteiger partial charge in [-0.05, 0) is 36.0 Å². The minimum atomic E-state index is -5.22. The smallest absolute Gasteiger partial charge is 0.369 e. The summed E-state index contributed by atoms with van der Waals surface area (Å²) in [5.41, 5.74) is 8.59. The molecule has 10 nitrogen and oxygen atoms in total. The molecule has 3 aliphatic rings. The molecule has 2 heterocycles. The average molecular weight is 532 g/mol. The van der Waals surface area contributed by atoms with Crippen molar-refractivity contribution in [3.8, 4) is 0 Å². The molecule has 0 radical (unpaired) electrons. The molecule has 1 saturated carbocycles. The van der Waals surface area contributed by atoms with E-state index >= 15 is 0 Å². The highest BCUT2D eigenvalue weighted by molar-refractivity contribution is 5.96. The predicted molar refractivity (Wildman–Crippen MR) is 125 cm³/mol. The predicted octanol–water partition coefficient (Wildman–Crippen LogP) is 0.436. The average Bonchev–Trinajstić information content (AvgIpc) is 3.04. The highest BCUT2D eigenvalue weighted by atomic mass is 19.4. The van der Waals surface area contributed by atoms with Crippen LogP contribution in [0.4, 0.5) is 13.2 Å². The molecule has 3 fully saturated rings. The minimum absolute atomic E-state index is 0.0560. The first-order valence-electron chi connectivity index (χ1n) is 12.3. The highest BCUT2D eigenvalue weighted by Crippen LogP contribution is 2.78. The number of hydrogen-bond acceptors (Lipinski definition) is 5. The van der Waals surface area contributed by atoms with E-state index in [1.54, 1.807) is 5.32 Å². The van der Waals surface area contributed by atoms with Gasteiger partial charge in [-0.2, -0.15) is 13.2 Å². The molecular formula is C24H36F3N5O5. The molecule has 0 bridgehead atoms. The van der Waals surface area contributed by atoms with Crippen LogP contribution in [0.5, 0.6) is 0 Å². The van der Waals surface area contributed by atoms with Gasteiger partial charge in [0.1, 0.15) is 12.1 Å². The van der Waals surface area contributed by atoms with Crippen LogP contribution in [-0.2, 0) is 24.0 Å². The number of carbonyl (C=O) groups is 5. The van der Waals surface area contributed by atoms with Gasteiger partial charge in [-0.15, -0.1) is 0 Å². The Bertz CT molecular complexity index is 1010. The fourth-order valence-corrected chi connectivity index (χ4v) is 6.83. The van der Waals surface area contributed by atoms with E-state index in [9.17, 15) is 37.1 Å². The van der Waals surface area contributed by atoms with Gasteiger partial charge >= 0.3 is 12.1 Å². The Morgan fingerprint density at radius 3 is 2.22 bits per heavy atom. The number of alkyl halides is 3. The summed E-state index contributed by atoms with van der Waals surface area (Å²) < 4.78 is 39.1. The second-order valence-corrected chi connectivity index (χ2v) is 12.1. The maximum Gasteiger partial charge on any atom is 0.471 e. The number of nitrogens with zero attached hydrogens (tertiary/aromatic N) is 1. The Morgan fingerprint density at radius 1 is 1.16 bits per heavy atom. The quantitative estimate of drug-likeness (QED) is 0.374. The zero-order chi connectivity index (χ0) is 28.3. The number of rotatable bonds is 7. The molecule has 13 heteroatoms. The van der Waals surface area contributed by atoms with E-state index in [2.05, 4.69) is 5.32 Å². The molecule has 2 aliphatic heterocycles. The lowest BCUT2D eigenvalue weighted by atomic mass is 9.71. The summed E-state index contributed by atoms with van der Waals surface area (Å²) in [6, 6.07) is -2.99. The molecule has 3 rings (SSSR count). The van der Waals surface area contributed by atoms with Crippen molar-refractivity contribution in [3.63, 3.8) is 0 Å². The largest absolute Gasteiger partial charge is 0.471 e. The van der Waals surface area contributed by atoms with Crippen molar-refractivity contribution >= 4 is 29.5 Å². The molecule has 6 N–H and O–H groups in total. The van der Waals surface area contributed by atoms with Crippen LogP contribution in [0.25, 0.3) is 0 Å². The SMILES string of the molecule is CC(C)(C)[C@H](NC(=O)C(F)(F)F)C(=O)N1CC2C(C)(C)C2([C@H](C[C@@H]2CCCNC2=O)C(N)=O)C1C(N)=O. The monoisotopic (exact) mass is 531 g/mol. The van der Waals surface area contributed by atoms with E-state index in [4.69, 9.17) is 11.5 Å². The maximum absolute atomic E-state index is 13.7. The number of nitrogens with two attached hydrogens (primary N) is 2. The van der Waals surface area contributed by atoms with Crippen molar-refractivity contribution in [2.24, 2.45) is 45.5 Å². The highest BCUT2D eigenvalue weighted by Gasteiger charge is 2.83. The maximum atomic E-state index is 13.7. The van der Waals surface area contributed by atoms with Crippen LogP contribution < -0.4 is 22.1 Å². The zero-order valence-corrected chi connectivity index (χ0v) is 21.7. The Labute approximate surface area is 213 Å². The van der Waals surface area contributed by atoms with E-state index in [0.717, 1.165) is 4.90 Å². The summed E-state index contributed by atoms with van der Waals surface area (Å²) in [5.74, 6) is -7.04. The Kier molecular flexibility index (Phi) is 7.11. The lowest BCUT2D eigenvalue weighted by Crippen LogP contribution is -2.62. The molecule has 0 aromatic carbocycles. The molecule has 5 amide bonds. The Hall–Kier alpha value is -2.86. The second kappa shape index (κ2) is 9.16. The Morgan fingerprint density at radius 2 is 1.76 bits per heavy atom. The first kappa shape index (κ1) is 28.7. The summed E-state index contributed by atoms with van der Waals surface area (Å²) in [7, 11) is 0. The van der Waals surface area contributed by atoms with Gasteiger partial charge in [0.2, 0.25) is 23.6 Å². The van der Waals surface area contributed by atoms with Gasteiger partial charge in [-0.1, -0.05) is 34.6 Å². The van der Waals surface area contributed by atoms with Gasteiger partial charge in [0.05, 0.1) is 0 Å². The summed E-state index contributed by atoms with van der Waals surface area (Å²) in [5, 5.41) is 4.53. The number of amides is 5. The number of hydrogen-bond donors (Lipinski definition) is 4. The van der Waals surface area contributed by atoms with Gasteiger partial charge < -0.3 is 27.0 Å². The number of likely N-dealkylation sites (tertiary alicyclic amines) is 1. The van der Waals surface area contributed by atoms with Crippen molar-refractivity contribution < 1.29 is 37.1 Å². The lowest BCUT2D eigenvalue weighted by molar-refractivity contribution is -0.176. The third kappa shape index (κ3) is 4.65. The fourth-order valence-electron chi connectivity index (χ4n) is 6.83. The van der Waals surface area contributed by atoms with Crippen molar-refractivity contribution in [2.75, 3.05) is 13.1 Å². The van der Waals surface area contributed by atoms with Crippen LogP contribution >= 0.6 is 0 Å². The Balaban J connectivity index is 2.02. The van der Waals surface area contributed by atoms with E-state index in [1.165, 1.54) is 20.8 Å². The number of fused-ring (bicyclic) bond motifs is 1. The van der Waals surface area contributed by atoms with Crippen molar-refractivity contribution in [2.45, 2.75) is 72.1 Å². The van der Waals surface area contributed by atoms with Crippen LogP contribution in [-0.4, -0.2) is 65.8 Å². The molecule has 0 aromatic rings. The molecule has 6 atom stereocenters. The van der Waals surface area contributed by atoms with Crippen molar-refractivity contribution in [1.29, 1.82) is 0 Å². The standard InChI is InChI=1S/C24H36F3N5O5/c1-21(2,3)14(31-20(37)24(25,26)27)19(36)32-10-13-22(4,5)23(13,15(32)17(29)34)12(16(28)33)9-11-7-6-8-30-18(11)35/h11-15H,6-10H2,1-5H3,(H2,28,33)(H2,29,34)(H,30,35)(H,31,37)/t11-,12+,13?,14+,15?,23?/m0/s1. The molecular weight excluding hydrogens is 495 g/mol. The van der Waals surface area contributed by atoms with E-state index < -0.39 is 75.9 Å².